The molecule has 90 valence electrons. The molecule has 2 nitrogen and oxygen atoms in total. The number of benzene rings is 1. The van der Waals surface area contributed by atoms with E-state index >= 15 is 0 Å². The van der Waals surface area contributed by atoms with Gasteiger partial charge in [0, 0.05) is 16.6 Å². The zero-order valence-corrected chi connectivity index (χ0v) is 10.4. The number of hydrogen-bond acceptors (Lipinski definition) is 1. The normalized spacial score (nSPS) is 30.5. The van der Waals surface area contributed by atoms with E-state index in [2.05, 4.69) is 5.32 Å². The lowest BCUT2D eigenvalue weighted by atomic mass is 9.95. The fraction of sp³-hybridized carbons (Fsp3) is 0.500. The van der Waals surface area contributed by atoms with E-state index in [1.165, 1.54) is 19.3 Å². The minimum atomic E-state index is 0.0186. The van der Waals surface area contributed by atoms with Gasteiger partial charge in [-0.3, -0.25) is 4.79 Å². The van der Waals surface area contributed by atoms with E-state index in [0.29, 0.717) is 22.5 Å². The lowest BCUT2D eigenvalue weighted by molar-refractivity contribution is 0.0923. The summed E-state index contributed by atoms with van der Waals surface area (Å²) in [7, 11) is 0. The maximum Gasteiger partial charge on any atom is 0.251 e. The van der Waals surface area contributed by atoms with Crippen molar-refractivity contribution in [2.24, 2.45) is 11.8 Å². The van der Waals surface area contributed by atoms with E-state index in [-0.39, 0.29) is 5.91 Å². The van der Waals surface area contributed by atoms with Crippen LogP contribution in [0.3, 0.4) is 0 Å². The van der Waals surface area contributed by atoms with Crippen molar-refractivity contribution >= 4 is 17.5 Å². The molecule has 17 heavy (non-hydrogen) atoms. The number of amides is 1. The van der Waals surface area contributed by atoms with Gasteiger partial charge in [0.05, 0.1) is 0 Å². The van der Waals surface area contributed by atoms with E-state index in [1.54, 1.807) is 12.1 Å². The van der Waals surface area contributed by atoms with Crippen molar-refractivity contribution in [1.82, 2.24) is 5.32 Å². The van der Waals surface area contributed by atoms with Crippen LogP contribution in [-0.4, -0.2) is 11.9 Å². The minimum Gasteiger partial charge on any atom is -0.349 e. The van der Waals surface area contributed by atoms with Gasteiger partial charge in [-0.1, -0.05) is 24.1 Å². The fourth-order valence-corrected chi connectivity index (χ4v) is 3.49. The van der Waals surface area contributed by atoms with E-state index < -0.39 is 0 Å². The smallest absolute Gasteiger partial charge is 0.251 e. The van der Waals surface area contributed by atoms with Crippen LogP contribution in [0.2, 0.25) is 5.02 Å². The third-order valence-electron chi connectivity index (χ3n) is 4.14. The second kappa shape index (κ2) is 4.34. The first-order valence-electron chi connectivity index (χ1n) is 6.29. The molecule has 2 aliphatic rings. The van der Waals surface area contributed by atoms with Gasteiger partial charge in [-0.05, 0) is 49.3 Å². The molecular weight excluding hydrogens is 234 g/mol. The molecule has 0 heterocycles. The maximum atomic E-state index is 12.1. The third-order valence-corrected chi connectivity index (χ3v) is 4.38. The van der Waals surface area contributed by atoms with Gasteiger partial charge >= 0.3 is 0 Å². The SMILES string of the molecule is O=C(NC1CC2CCC1C2)c1cccc(Cl)c1. The van der Waals surface area contributed by atoms with E-state index in [1.807, 2.05) is 12.1 Å². The third kappa shape index (κ3) is 2.19. The molecule has 1 amide bonds. The Bertz CT molecular complexity index is 446. The molecule has 1 aromatic carbocycles. The number of carbonyl (C=O) groups excluding carboxylic acids is 1. The molecule has 2 saturated carbocycles. The molecule has 0 aliphatic heterocycles. The second-order valence-electron chi connectivity index (χ2n) is 5.27. The van der Waals surface area contributed by atoms with Crippen LogP contribution in [0.4, 0.5) is 0 Å². The summed E-state index contributed by atoms with van der Waals surface area (Å²) in [6, 6.07) is 7.53. The lowest BCUT2D eigenvalue weighted by Gasteiger charge is -2.22. The van der Waals surface area contributed by atoms with Gasteiger partial charge in [0.25, 0.3) is 5.91 Å². The molecule has 0 spiro atoms. The van der Waals surface area contributed by atoms with E-state index in [9.17, 15) is 4.79 Å². The Balaban J connectivity index is 1.68. The summed E-state index contributed by atoms with van der Waals surface area (Å²) in [5.74, 6) is 1.58. The first-order valence-corrected chi connectivity index (χ1v) is 6.66. The molecule has 3 rings (SSSR count). The van der Waals surface area contributed by atoms with Crippen molar-refractivity contribution in [3.63, 3.8) is 0 Å². The number of nitrogens with one attached hydrogen (secondary N) is 1. The van der Waals surface area contributed by atoms with Crippen molar-refractivity contribution < 1.29 is 4.79 Å². The highest BCUT2D eigenvalue weighted by atomic mass is 35.5. The van der Waals surface area contributed by atoms with Crippen LogP contribution in [-0.2, 0) is 0 Å². The lowest BCUT2D eigenvalue weighted by Crippen LogP contribution is -2.38. The molecule has 3 atom stereocenters. The van der Waals surface area contributed by atoms with Gasteiger partial charge < -0.3 is 5.32 Å². The summed E-state index contributed by atoms with van der Waals surface area (Å²) in [5, 5.41) is 3.77. The topological polar surface area (TPSA) is 29.1 Å². The number of rotatable bonds is 2. The summed E-state index contributed by atoms with van der Waals surface area (Å²) in [4.78, 5) is 12.1. The molecule has 3 unspecified atom stereocenters. The Hall–Kier alpha value is -1.02. The average molecular weight is 250 g/mol. The summed E-state index contributed by atoms with van der Waals surface area (Å²) in [5.41, 5.74) is 0.667. The first kappa shape index (κ1) is 11.1. The number of fused-ring (bicyclic) bond motifs is 2. The molecule has 1 N–H and O–H groups in total. The number of carbonyl (C=O) groups is 1. The summed E-state index contributed by atoms with van der Waals surface area (Å²) < 4.78 is 0. The maximum absolute atomic E-state index is 12.1. The summed E-state index contributed by atoms with van der Waals surface area (Å²) in [6.45, 7) is 0. The molecule has 2 bridgehead atoms. The van der Waals surface area contributed by atoms with Gasteiger partial charge in [0.2, 0.25) is 0 Å². The largest absolute Gasteiger partial charge is 0.349 e. The highest BCUT2D eigenvalue weighted by Gasteiger charge is 2.40. The van der Waals surface area contributed by atoms with Gasteiger partial charge in [0.15, 0.2) is 0 Å². The van der Waals surface area contributed by atoms with Crippen molar-refractivity contribution in [2.45, 2.75) is 31.7 Å². The van der Waals surface area contributed by atoms with Gasteiger partial charge in [-0.15, -0.1) is 0 Å². The molecule has 0 saturated heterocycles. The van der Waals surface area contributed by atoms with Crippen LogP contribution in [0.25, 0.3) is 0 Å². The van der Waals surface area contributed by atoms with E-state index in [0.717, 1.165) is 12.3 Å². The molecular formula is C14H16ClNO. The zero-order valence-electron chi connectivity index (χ0n) is 9.66. The predicted octanol–water partition coefficient (Wildman–Crippen LogP) is 3.26. The standard InChI is InChI=1S/C14H16ClNO/c15-12-3-1-2-11(8-12)14(17)16-13-7-9-4-5-10(13)6-9/h1-3,8-10,13H,4-7H2,(H,16,17). The van der Waals surface area contributed by atoms with Crippen molar-refractivity contribution in [3.05, 3.63) is 34.9 Å². The molecule has 3 heteroatoms. The highest BCUT2D eigenvalue weighted by Crippen LogP contribution is 2.44. The van der Waals surface area contributed by atoms with Gasteiger partial charge in [0.1, 0.15) is 0 Å². The second-order valence-corrected chi connectivity index (χ2v) is 5.70. The minimum absolute atomic E-state index is 0.0186. The van der Waals surface area contributed by atoms with Crippen molar-refractivity contribution in [1.29, 1.82) is 0 Å². The highest BCUT2D eigenvalue weighted by molar-refractivity contribution is 6.30. The van der Waals surface area contributed by atoms with Crippen LogP contribution < -0.4 is 5.32 Å². The van der Waals surface area contributed by atoms with Crippen LogP contribution in [0.5, 0.6) is 0 Å². The van der Waals surface area contributed by atoms with E-state index in [4.69, 9.17) is 11.6 Å². The molecule has 0 aromatic heterocycles. The summed E-state index contributed by atoms with van der Waals surface area (Å²) >= 11 is 5.89. The van der Waals surface area contributed by atoms with Crippen LogP contribution in [0, 0.1) is 11.8 Å². The quantitative estimate of drug-likeness (QED) is 0.857. The van der Waals surface area contributed by atoms with Gasteiger partial charge in [-0.25, -0.2) is 0 Å². The molecule has 0 radical (unpaired) electrons. The Kier molecular flexibility index (Phi) is 2.83. The Morgan fingerprint density at radius 3 is 2.82 bits per heavy atom. The summed E-state index contributed by atoms with van der Waals surface area (Å²) in [6.07, 6.45) is 5.11. The Morgan fingerprint density at radius 2 is 2.18 bits per heavy atom. The van der Waals surface area contributed by atoms with Crippen LogP contribution >= 0.6 is 11.6 Å². The molecule has 1 aromatic rings. The van der Waals surface area contributed by atoms with Crippen molar-refractivity contribution in [2.75, 3.05) is 0 Å². The first-order chi connectivity index (χ1) is 8.22. The predicted molar refractivity (Wildman–Crippen MR) is 68.2 cm³/mol. The number of hydrogen-bond donors (Lipinski definition) is 1. The average Bonchev–Trinajstić information content (AvgIpc) is 2.91. The molecule has 2 fully saturated rings. The van der Waals surface area contributed by atoms with Crippen molar-refractivity contribution in [3.8, 4) is 0 Å². The Morgan fingerprint density at radius 1 is 1.29 bits per heavy atom. The zero-order chi connectivity index (χ0) is 11.8. The van der Waals surface area contributed by atoms with Crippen LogP contribution in [0.15, 0.2) is 24.3 Å². The fourth-order valence-electron chi connectivity index (χ4n) is 3.30. The van der Waals surface area contributed by atoms with Gasteiger partial charge in [-0.2, -0.15) is 0 Å². The van der Waals surface area contributed by atoms with Crippen LogP contribution in [0.1, 0.15) is 36.0 Å². The monoisotopic (exact) mass is 249 g/mol. The number of halogens is 1. The molecule has 2 aliphatic carbocycles. The Labute approximate surface area is 106 Å².